The van der Waals surface area contributed by atoms with Gasteiger partial charge in [-0.25, -0.2) is 4.90 Å². The summed E-state index contributed by atoms with van der Waals surface area (Å²) >= 11 is 1.82. The van der Waals surface area contributed by atoms with Crippen LogP contribution in [0, 0.1) is 12.8 Å². The summed E-state index contributed by atoms with van der Waals surface area (Å²) < 4.78 is 52.9. The Kier molecular flexibility index (Phi) is 7.95. The number of ether oxygens (including phenoxy) is 2. The van der Waals surface area contributed by atoms with Crippen molar-refractivity contribution in [1.82, 2.24) is 4.98 Å². The third kappa shape index (κ3) is 5.71. The predicted octanol–water partition coefficient (Wildman–Crippen LogP) is 5.59. The standard InChI is InChI=1S/C31H24F3N3O6S2/c1-15-6-5-7-17(12-15)35-22(38)14-43-20-11-10-16(13-21(20)42-2)23-24-26(44-27-25(23)45-30(41)36-27)29(40)37(28(24)39)19-9-4-3-8-18(19)31(32,33)34/h3-13,23-24,26H,14H2,1-2H3,(H,35,38)(H,36,41). The number of hydrogen-bond donors (Lipinski definition) is 2. The van der Waals surface area contributed by atoms with E-state index in [1.54, 1.807) is 18.2 Å². The monoisotopic (exact) mass is 655 g/mol. The van der Waals surface area contributed by atoms with Crippen LogP contribution in [0.15, 0.2) is 76.6 Å². The highest BCUT2D eigenvalue weighted by Crippen LogP contribution is 2.54. The summed E-state index contributed by atoms with van der Waals surface area (Å²) in [4.78, 5) is 55.9. The number of amides is 3. The van der Waals surface area contributed by atoms with Crippen molar-refractivity contribution in [3.05, 3.63) is 98.0 Å². The van der Waals surface area contributed by atoms with E-state index in [1.807, 2.05) is 25.1 Å². The van der Waals surface area contributed by atoms with E-state index in [2.05, 4.69) is 10.3 Å². The molecule has 0 radical (unpaired) electrons. The summed E-state index contributed by atoms with van der Waals surface area (Å²) in [6.07, 6.45) is -4.80. The fourth-order valence-electron chi connectivity index (χ4n) is 5.58. The second-order valence-electron chi connectivity index (χ2n) is 10.4. The van der Waals surface area contributed by atoms with Gasteiger partial charge >= 0.3 is 11.0 Å². The van der Waals surface area contributed by atoms with E-state index in [1.165, 1.54) is 25.3 Å². The number of nitrogens with one attached hydrogen (secondary N) is 2. The predicted molar refractivity (Wildman–Crippen MR) is 162 cm³/mol. The molecule has 1 aromatic heterocycles. The average Bonchev–Trinajstić information content (AvgIpc) is 3.49. The fourth-order valence-corrected chi connectivity index (χ4v) is 8.10. The number of fused-ring (bicyclic) bond motifs is 2. The lowest BCUT2D eigenvalue weighted by atomic mass is 9.83. The largest absolute Gasteiger partial charge is 0.493 e. The van der Waals surface area contributed by atoms with Gasteiger partial charge in [0, 0.05) is 16.5 Å². The molecule has 0 spiro atoms. The van der Waals surface area contributed by atoms with Crippen molar-refractivity contribution in [1.29, 1.82) is 0 Å². The molecule has 2 N–H and O–H groups in total. The Balaban J connectivity index is 1.32. The number of aromatic nitrogens is 1. The molecule has 0 aliphatic carbocycles. The number of benzene rings is 3. The molecule has 2 aliphatic heterocycles. The van der Waals surface area contributed by atoms with Crippen LogP contribution in [0.3, 0.4) is 0 Å². The van der Waals surface area contributed by atoms with Crippen molar-refractivity contribution >= 4 is 52.2 Å². The molecule has 9 nitrogen and oxygen atoms in total. The lowest BCUT2D eigenvalue weighted by Crippen LogP contribution is -2.33. The molecule has 3 aromatic carbocycles. The number of carbonyl (C=O) groups is 3. The second-order valence-corrected chi connectivity index (χ2v) is 12.6. The van der Waals surface area contributed by atoms with Crippen LogP contribution in [0.5, 0.6) is 11.5 Å². The molecule has 2 aliphatic rings. The van der Waals surface area contributed by atoms with Gasteiger partial charge in [0.05, 0.1) is 29.3 Å². The van der Waals surface area contributed by atoms with E-state index in [0.29, 0.717) is 26.1 Å². The number of para-hydroxylation sites is 1. The molecule has 3 heterocycles. The van der Waals surface area contributed by atoms with Crippen LogP contribution in [0.25, 0.3) is 0 Å². The molecular weight excluding hydrogens is 631 g/mol. The Morgan fingerprint density at radius 1 is 1.00 bits per heavy atom. The Morgan fingerprint density at radius 3 is 2.51 bits per heavy atom. The maximum absolute atomic E-state index is 13.9. The number of anilines is 2. The van der Waals surface area contributed by atoms with Gasteiger partial charge in [0.25, 0.3) is 5.91 Å². The lowest BCUT2D eigenvalue weighted by molar-refractivity contribution is -0.137. The molecule has 14 heteroatoms. The zero-order valence-corrected chi connectivity index (χ0v) is 25.3. The number of imide groups is 1. The van der Waals surface area contributed by atoms with Crippen molar-refractivity contribution < 1.29 is 37.0 Å². The lowest BCUT2D eigenvalue weighted by Gasteiger charge is -2.30. The highest BCUT2D eigenvalue weighted by atomic mass is 32.2. The number of aryl methyl sites for hydroxylation is 1. The van der Waals surface area contributed by atoms with Crippen LogP contribution in [0.2, 0.25) is 0 Å². The van der Waals surface area contributed by atoms with Crippen LogP contribution in [0.1, 0.15) is 27.5 Å². The van der Waals surface area contributed by atoms with Gasteiger partial charge in [0.15, 0.2) is 18.1 Å². The Labute approximate surface area is 262 Å². The highest BCUT2D eigenvalue weighted by molar-refractivity contribution is 8.00. The first kappa shape index (κ1) is 30.5. The molecule has 45 heavy (non-hydrogen) atoms. The molecule has 3 unspecified atom stereocenters. The number of carbonyl (C=O) groups excluding carboxylic acids is 3. The number of methoxy groups -OCH3 is 1. The number of thiazole rings is 1. The van der Waals surface area contributed by atoms with Gasteiger partial charge in [0.1, 0.15) is 5.25 Å². The minimum absolute atomic E-state index is 0.214. The summed E-state index contributed by atoms with van der Waals surface area (Å²) in [5.74, 6) is -3.55. The molecule has 0 bridgehead atoms. The van der Waals surface area contributed by atoms with Gasteiger partial charge in [-0.3, -0.25) is 19.2 Å². The molecule has 3 atom stereocenters. The number of hydrogen-bond acceptors (Lipinski definition) is 8. The third-order valence-corrected chi connectivity index (χ3v) is 9.88. The first-order valence-electron chi connectivity index (χ1n) is 13.6. The zero-order valence-electron chi connectivity index (χ0n) is 23.6. The minimum atomic E-state index is -4.80. The van der Waals surface area contributed by atoms with Gasteiger partial charge in [-0.05, 0) is 54.4 Å². The number of H-pyrrole nitrogens is 1. The first-order chi connectivity index (χ1) is 21.5. The van der Waals surface area contributed by atoms with Gasteiger partial charge in [-0.1, -0.05) is 53.4 Å². The van der Waals surface area contributed by atoms with E-state index >= 15 is 0 Å². The zero-order chi connectivity index (χ0) is 32.0. The van der Waals surface area contributed by atoms with Crippen molar-refractivity contribution in [2.45, 2.75) is 29.3 Å². The summed E-state index contributed by atoms with van der Waals surface area (Å²) in [5.41, 5.74) is 0.405. The minimum Gasteiger partial charge on any atom is -0.493 e. The van der Waals surface area contributed by atoms with Crippen molar-refractivity contribution in [2.24, 2.45) is 5.92 Å². The molecular formula is C31H24F3N3O6S2. The Hall–Kier alpha value is -4.56. The van der Waals surface area contributed by atoms with Gasteiger partial charge < -0.3 is 19.8 Å². The number of aromatic amines is 1. The van der Waals surface area contributed by atoms with E-state index in [9.17, 15) is 32.3 Å². The molecule has 6 rings (SSSR count). The maximum atomic E-state index is 13.9. The van der Waals surface area contributed by atoms with Crippen LogP contribution in [-0.4, -0.2) is 41.7 Å². The fraction of sp³-hybridized carbons (Fsp3) is 0.226. The topological polar surface area (TPSA) is 118 Å². The molecule has 3 amide bonds. The van der Waals surface area contributed by atoms with Gasteiger partial charge in [-0.15, -0.1) is 0 Å². The molecule has 4 aromatic rings. The molecule has 1 saturated heterocycles. The SMILES string of the molecule is COc1cc(C2c3sc(=O)[nH]c3SC3C(=O)N(c4ccccc4C(F)(F)F)C(=O)C32)ccc1OCC(=O)Nc1cccc(C)c1. The van der Waals surface area contributed by atoms with E-state index < -0.39 is 57.1 Å². The van der Waals surface area contributed by atoms with Crippen molar-refractivity contribution in [3.63, 3.8) is 0 Å². The number of thioether (sulfide) groups is 1. The molecule has 232 valence electrons. The number of alkyl halides is 3. The number of halogens is 3. The Morgan fingerprint density at radius 2 is 1.78 bits per heavy atom. The van der Waals surface area contributed by atoms with Crippen LogP contribution < -0.4 is 24.6 Å². The Bertz CT molecular complexity index is 1890. The number of rotatable bonds is 7. The quantitative estimate of drug-likeness (QED) is 0.250. The average molecular weight is 656 g/mol. The van der Waals surface area contributed by atoms with Crippen LogP contribution in [-0.2, 0) is 20.6 Å². The molecule has 0 saturated carbocycles. The van der Waals surface area contributed by atoms with Crippen LogP contribution >= 0.6 is 23.1 Å². The number of nitrogens with zero attached hydrogens (tertiary/aromatic N) is 1. The van der Waals surface area contributed by atoms with E-state index in [-0.39, 0.29) is 18.1 Å². The maximum Gasteiger partial charge on any atom is 0.418 e. The van der Waals surface area contributed by atoms with Crippen LogP contribution in [0.4, 0.5) is 24.5 Å². The third-order valence-electron chi connectivity index (χ3n) is 7.48. The first-order valence-corrected chi connectivity index (χ1v) is 15.3. The second kappa shape index (κ2) is 11.7. The highest BCUT2D eigenvalue weighted by Gasteiger charge is 2.57. The van der Waals surface area contributed by atoms with E-state index in [0.717, 1.165) is 40.8 Å². The summed E-state index contributed by atoms with van der Waals surface area (Å²) in [6, 6.07) is 16.4. The molecule has 1 fully saturated rings. The van der Waals surface area contributed by atoms with E-state index in [4.69, 9.17) is 9.47 Å². The van der Waals surface area contributed by atoms with Gasteiger partial charge in [0.2, 0.25) is 11.8 Å². The summed E-state index contributed by atoms with van der Waals surface area (Å²) in [5, 5.41) is 2.03. The van der Waals surface area contributed by atoms with Gasteiger partial charge in [-0.2, -0.15) is 13.2 Å². The smallest absolute Gasteiger partial charge is 0.418 e. The summed E-state index contributed by atoms with van der Waals surface area (Å²) in [6.45, 7) is 1.56. The van der Waals surface area contributed by atoms with Crippen molar-refractivity contribution in [2.75, 3.05) is 23.9 Å². The summed E-state index contributed by atoms with van der Waals surface area (Å²) in [7, 11) is 1.39. The normalized spacial score (nSPS) is 19.2. The van der Waals surface area contributed by atoms with Crippen molar-refractivity contribution in [3.8, 4) is 11.5 Å².